The largest absolute Gasteiger partial charge is 0.356 e. The second-order valence-electron chi connectivity index (χ2n) is 5.40. The first-order chi connectivity index (χ1) is 7.58. The van der Waals surface area contributed by atoms with Crippen LogP contribution < -0.4 is 11.1 Å². The minimum absolute atomic E-state index is 0.197. The fourth-order valence-electron chi connectivity index (χ4n) is 2.18. The molecule has 1 aliphatic rings. The second-order valence-corrected chi connectivity index (χ2v) is 5.40. The summed E-state index contributed by atoms with van der Waals surface area (Å²) in [7, 11) is 0. The number of hydrogen-bond donors (Lipinski definition) is 2. The van der Waals surface area contributed by atoms with E-state index in [1.165, 1.54) is 25.7 Å². The molecule has 1 rings (SSSR count). The van der Waals surface area contributed by atoms with Crippen molar-refractivity contribution >= 4 is 5.91 Å². The third-order valence-electron chi connectivity index (χ3n) is 3.46. The van der Waals surface area contributed by atoms with E-state index in [0.29, 0.717) is 11.8 Å². The third kappa shape index (κ3) is 4.97. The molecule has 16 heavy (non-hydrogen) atoms. The molecule has 1 aliphatic carbocycles. The normalized spacial score (nSPS) is 19.2. The fourth-order valence-corrected chi connectivity index (χ4v) is 2.18. The summed E-state index contributed by atoms with van der Waals surface area (Å²) in [6.07, 6.45) is 7.54. The van der Waals surface area contributed by atoms with Crippen LogP contribution in [0.1, 0.15) is 58.8 Å². The van der Waals surface area contributed by atoms with E-state index in [4.69, 9.17) is 5.73 Å². The molecule has 1 saturated carbocycles. The Morgan fingerprint density at radius 2 is 2.19 bits per heavy atom. The summed E-state index contributed by atoms with van der Waals surface area (Å²) >= 11 is 0. The maximum atomic E-state index is 11.6. The lowest BCUT2D eigenvalue weighted by Crippen LogP contribution is -2.30. The quantitative estimate of drug-likeness (QED) is 0.666. The molecule has 0 bridgehead atoms. The summed E-state index contributed by atoms with van der Waals surface area (Å²) < 4.78 is 0. The number of amides is 1. The van der Waals surface area contributed by atoms with E-state index in [0.717, 1.165) is 19.4 Å². The third-order valence-corrected chi connectivity index (χ3v) is 3.46. The highest BCUT2D eigenvalue weighted by Crippen LogP contribution is 2.48. The molecule has 3 N–H and O–H groups in total. The van der Waals surface area contributed by atoms with Gasteiger partial charge in [-0.25, -0.2) is 0 Å². The number of nitrogens with two attached hydrogens (primary N) is 1. The van der Waals surface area contributed by atoms with Gasteiger partial charge in [-0.3, -0.25) is 4.79 Å². The lowest BCUT2D eigenvalue weighted by atomic mass is 10.0. The predicted molar refractivity (Wildman–Crippen MR) is 67.1 cm³/mol. The van der Waals surface area contributed by atoms with Crippen LogP contribution in [0.2, 0.25) is 0 Å². The molecule has 1 unspecified atom stereocenters. The molecule has 94 valence electrons. The van der Waals surface area contributed by atoms with E-state index in [1.54, 1.807) is 0 Å². The predicted octanol–water partition coefficient (Wildman–Crippen LogP) is 2.20. The van der Waals surface area contributed by atoms with E-state index < -0.39 is 0 Å². The van der Waals surface area contributed by atoms with Gasteiger partial charge in [0.25, 0.3) is 0 Å². The molecule has 1 atom stereocenters. The zero-order valence-corrected chi connectivity index (χ0v) is 10.7. The van der Waals surface area contributed by atoms with Gasteiger partial charge in [0.05, 0.1) is 0 Å². The van der Waals surface area contributed by atoms with E-state index in [1.807, 2.05) is 6.92 Å². The Bertz CT molecular complexity index is 222. The number of carbonyl (C=O) groups excluding carboxylic acids is 1. The molecule has 0 heterocycles. The maximum absolute atomic E-state index is 11.6. The molecular weight excluding hydrogens is 200 g/mol. The molecular formula is C13H26N2O. The summed E-state index contributed by atoms with van der Waals surface area (Å²) in [6.45, 7) is 5.08. The van der Waals surface area contributed by atoms with Crippen LogP contribution in [-0.2, 0) is 4.79 Å². The summed E-state index contributed by atoms with van der Waals surface area (Å²) in [5, 5.41) is 3.06. The molecule has 0 spiro atoms. The number of rotatable bonds is 8. The van der Waals surface area contributed by atoms with Gasteiger partial charge in [0.15, 0.2) is 0 Å². The second kappa shape index (κ2) is 6.24. The standard InChI is InChI=1S/C13H26N2O/c1-3-7-13(8-9-13)10-15-12(16)6-4-5-11(2)14/h11H,3-10,14H2,1-2H3,(H,15,16). The number of nitrogens with one attached hydrogen (secondary N) is 1. The molecule has 0 radical (unpaired) electrons. The molecule has 3 nitrogen and oxygen atoms in total. The van der Waals surface area contributed by atoms with Gasteiger partial charge in [-0.05, 0) is 44.4 Å². The van der Waals surface area contributed by atoms with Crippen molar-refractivity contribution in [3.05, 3.63) is 0 Å². The van der Waals surface area contributed by atoms with E-state index in [2.05, 4.69) is 12.2 Å². The van der Waals surface area contributed by atoms with Gasteiger partial charge >= 0.3 is 0 Å². The van der Waals surface area contributed by atoms with Crippen molar-refractivity contribution in [3.8, 4) is 0 Å². The van der Waals surface area contributed by atoms with Gasteiger partial charge in [-0.15, -0.1) is 0 Å². The van der Waals surface area contributed by atoms with Gasteiger partial charge in [-0.2, -0.15) is 0 Å². The zero-order chi connectivity index (χ0) is 12.0. The summed E-state index contributed by atoms with van der Waals surface area (Å²) in [5.41, 5.74) is 6.10. The van der Waals surface area contributed by atoms with Crippen molar-refractivity contribution < 1.29 is 4.79 Å². The van der Waals surface area contributed by atoms with Crippen LogP contribution in [0.15, 0.2) is 0 Å². The van der Waals surface area contributed by atoms with Crippen molar-refractivity contribution in [2.45, 2.75) is 64.8 Å². The highest BCUT2D eigenvalue weighted by molar-refractivity contribution is 5.75. The van der Waals surface area contributed by atoms with Crippen molar-refractivity contribution in [3.63, 3.8) is 0 Å². The van der Waals surface area contributed by atoms with Gasteiger partial charge < -0.3 is 11.1 Å². The number of carbonyl (C=O) groups is 1. The summed E-state index contributed by atoms with van der Waals surface area (Å²) in [5.74, 6) is 0.197. The highest BCUT2D eigenvalue weighted by Gasteiger charge is 2.41. The van der Waals surface area contributed by atoms with Crippen molar-refractivity contribution in [1.29, 1.82) is 0 Å². The Morgan fingerprint density at radius 1 is 1.50 bits per heavy atom. The van der Waals surface area contributed by atoms with E-state index in [-0.39, 0.29) is 11.9 Å². The first-order valence-corrected chi connectivity index (χ1v) is 6.60. The Balaban J connectivity index is 2.06. The number of hydrogen-bond acceptors (Lipinski definition) is 2. The first kappa shape index (κ1) is 13.5. The van der Waals surface area contributed by atoms with Crippen LogP contribution in [0.3, 0.4) is 0 Å². The Morgan fingerprint density at radius 3 is 2.69 bits per heavy atom. The lowest BCUT2D eigenvalue weighted by Gasteiger charge is -2.14. The minimum Gasteiger partial charge on any atom is -0.356 e. The SMILES string of the molecule is CCCC1(CNC(=O)CCCC(C)N)CC1. The molecule has 1 amide bonds. The average molecular weight is 226 g/mol. The van der Waals surface area contributed by atoms with E-state index in [9.17, 15) is 4.79 Å². The molecule has 0 saturated heterocycles. The van der Waals surface area contributed by atoms with Crippen LogP contribution >= 0.6 is 0 Å². The topological polar surface area (TPSA) is 55.1 Å². The summed E-state index contributed by atoms with van der Waals surface area (Å²) in [4.78, 5) is 11.6. The molecule has 0 aliphatic heterocycles. The summed E-state index contributed by atoms with van der Waals surface area (Å²) in [6, 6.07) is 0.211. The Kier molecular flexibility index (Phi) is 5.26. The van der Waals surface area contributed by atoms with Gasteiger partial charge in [0.2, 0.25) is 5.91 Å². The fraction of sp³-hybridized carbons (Fsp3) is 0.923. The van der Waals surface area contributed by atoms with Gasteiger partial charge in [0.1, 0.15) is 0 Å². The van der Waals surface area contributed by atoms with Gasteiger partial charge in [-0.1, -0.05) is 13.3 Å². The van der Waals surface area contributed by atoms with Crippen molar-refractivity contribution in [1.82, 2.24) is 5.32 Å². The molecule has 1 fully saturated rings. The smallest absolute Gasteiger partial charge is 0.220 e. The van der Waals surface area contributed by atoms with Crippen LogP contribution in [-0.4, -0.2) is 18.5 Å². The molecule has 0 aromatic carbocycles. The van der Waals surface area contributed by atoms with Crippen molar-refractivity contribution in [2.24, 2.45) is 11.1 Å². The van der Waals surface area contributed by atoms with Crippen LogP contribution in [0.4, 0.5) is 0 Å². The molecule has 0 aromatic heterocycles. The monoisotopic (exact) mass is 226 g/mol. The van der Waals surface area contributed by atoms with Crippen LogP contribution in [0.25, 0.3) is 0 Å². The highest BCUT2D eigenvalue weighted by atomic mass is 16.1. The maximum Gasteiger partial charge on any atom is 0.220 e. The zero-order valence-electron chi connectivity index (χ0n) is 10.7. The van der Waals surface area contributed by atoms with Gasteiger partial charge in [0, 0.05) is 19.0 Å². The Labute approximate surface area is 99.2 Å². The minimum atomic E-state index is 0.197. The first-order valence-electron chi connectivity index (χ1n) is 6.60. The lowest BCUT2D eigenvalue weighted by molar-refractivity contribution is -0.121. The molecule has 0 aromatic rings. The van der Waals surface area contributed by atoms with Crippen molar-refractivity contribution in [2.75, 3.05) is 6.54 Å². The molecule has 3 heteroatoms. The van der Waals surface area contributed by atoms with E-state index >= 15 is 0 Å². The Hall–Kier alpha value is -0.570. The average Bonchev–Trinajstić information content (AvgIpc) is 2.96. The van der Waals surface area contributed by atoms with Crippen LogP contribution in [0, 0.1) is 5.41 Å². The van der Waals surface area contributed by atoms with Crippen LogP contribution in [0.5, 0.6) is 0 Å².